The first-order valence-electron chi connectivity index (χ1n) is 8.39. The number of amides is 1. The van der Waals surface area contributed by atoms with Crippen molar-refractivity contribution in [3.8, 4) is 0 Å². The van der Waals surface area contributed by atoms with Crippen LogP contribution in [-0.4, -0.2) is 55.0 Å². The zero-order valence-corrected chi connectivity index (χ0v) is 15.2. The monoisotopic (exact) mass is 314 g/mol. The minimum absolute atomic E-state index is 0.244. The summed E-state index contributed by atoms with van der Waals surface area (Å²) in [6.45, 7) is 16.0. The van der Waals surface area contributed by atoms with Crippen molar-refractivity contribution in [2.75, 3.05) is 32.8 Å². The predicted octanol–water partition coefficient (Wildman–Crippen LogP) is 3.04. The number of carbonyl (C=O) groups is 1. The molecule has 0 radical (unpaired) electrons. The molecule has 0 aromatic rings. The Morgan fingerprint density at radius 3 is 2.41 bits per heavy atom. The van der Waals surface area contributed by atoms with Crippen molar-refractivity contribution in [2.24, 2.45) is 5.92 Å². The Morgan fingerprint density at radius 1 is 1.23 bits per heavy atom. The number of hydrogen-bond donors (Lipinski definition) is 1. The van der Waals surface area contributed by atoms with Crippen LogP contribution < -0.4 is 5.32 Å². The van der Waals surface area contributed by atoms with Gasteiger partial charge in [0.25, 0.3) is 0 Å². The molecule has 1 saturated heterocycles. The van der Waals surface area contributed by atoms with E-state index in [-0.39, 0.29) is 11.6 Å². The second-order valence-corrected chi connectivity index (χ2v) is 8.07. The van der Waals surface area contributed by atoms with E-state index < -0.39 is 5.60 Å². The maximum absolute atomic E-state index is 12.3. The van der Waals surface area contributed by atoms with Gasteiger partial charge in [-0.2, -0.15) is 0 Å². The Labute approximate surface area is 135 Å². The van der Waals surface area contributed by atoms with Crippen LogP contribution >= 0.6 is 0 Å². The summed E-state index contributed by atoms with van der Waals surface area (Å²) < 4.78 is 10.9. The van der Waals surface area contributed by atoms with E-state index in [0.717, 1.165) is 32.7 Å². The summed E-state index contributed by atoms with van der Waals surface area (Å²) in [4.78, 5) is 14.1. The maximum Gasteiger partial charge on any atom is 0.410 e. The summed E-state index contributed by atoms with van der Waals surface area (Å²) in [5.74, 6) is 0.692. The molecule has 1 unspecified atom stereocenters. The highest BCUT2D eigenvalue weighted by Gasteiger charge is 2.30. The number of hydrogen-bond acceptors (Lipinski definition) is 4. The summed E-state index contributed by atoms with van der Waals surface area (Å²) in [6.07, 6.45) is 2.07. The average Bonchev–Trinajstić information content (AvgIpc) is 2.82. The topological polar surface area (TPSA) is 50.8 Å². The van der Waals surface area contributed by atoms with Crippen LogP contribution in [0.5, 0.6) is 0 Å². The van der Waals surface area contributed by atoms with Gasteiger partial charge in [0.05, 0.1) is 0 Å². The second-order valence-electron chi connectivity index (χ2n) is 8.07. The van der Waals surface area contributed by atoms with Crippen LogP contribution in [0.2, 0.25) is 0 Å². The van der Waals surface area contributed by atoms with Gasteiger partial charge in [0.2, 0.25) is 0 Å². The van der Waals surface area contributed by atoms with Gasteiger partial charge in [-0.05, 0) is 66.8 Å². The molecule has 1 heterocycles. The SMILES string of the molecule is CC(C)(C)OC(=O)N(CCNCCC1CCOC1)C(C)(C)C. The summed E-state index contributed by atoms with van der Waals surface area (Å²) >= 11 is 0. The standard InChI is InChI=1S/C17H34N2O3/c1-16(2,3)19(15(20)22-17(4,5)6)11-10-18-9-7-14-8-12-21-13-14/h14,18H,7-13H2,1-6H3. The molecule has 0 aromatic carbocycles. The number of nitrogens with zero attached hydrogens (tertiary/aromatic N) is 1. The highest BCUT2D eigenvalue weighted by Crippen LogP contribution is 2.18. The summed E-state index contributed by atoms with van der Waals surface area (Å²) in [6, 6.07) is 0. The van der Waals surface area contributed by atoms with Gasteiger partial charge in [-0.25, -0.2) is 4.79 Å². The van der Waals surface area contributed by atoms with Gasteiger partial charge in [0, 0.05) is 31.8 Å². The largest absolute Gasteiger partial charge is 0.444 e. The smallest absolute Gasteiger partial charge is 0.410 e. The van der Waals surface area contributed by atoms with Crippen LogP contribution in [0.4, 0.5) is 4.79 Å². The van der Waals surface area contributed by atoms with Gasteiger partial charge in [0.15, 0.2) is 0 Å². The molecule has 0 saturated carbocycles. The van der Waals surface area contributed by atoms with Crippen molar-refractivity contribution in [1.29, 1.82) is 0 Å². The van der Waals surface area contributed by atoms with E-state index in [1.165, 1.54) is 6.42 Å². The van der Waals surface area contributed by atoms with Crippen molar-refractivity contribution in [3.05, 3.63) is 0 Å². The third kappa shape index (κ3) is 7.45. The van der Waals surface area contributed by atoms with E-state index in [4.69, 9.17) is 9.47 Å². The Morgan fingerprint density at radius 2 is 1.91 bits per heavy atom. The lowest BCUT2D eigenvalue weighted by Gasteiger charge is -2.37. The van der Waals surface area contributed by atoms with E-state index >= 15 is 0 Å². The molecular weight excluding hydrogens is 280 g/mol. The highest BCUT2D eigenvalue weighted by molar-refractivity contribution is 5.69. The van der Waals surface area contributed by atoms with E-state index in [2.05, 4.69) is 5.32 Å². The Kier molecular flexibility index (Phi) is 7.13. The van der Waals surface area contributed by atoms with Gasteiger partial charge in [0.1, 0.15) is 5.60 Å². The fourth-order valence-corrected chi connectivity index (χ4v) is 2.45. The van der Waals surface area contributed by atoms with Crippen LogP contribution in [0.25, 0.3) is 0 Å². The molecule has 22 heavy (non-hydrogen) atoms. The van der Waals surface area contributed by atoms with Crippen LogP contribution in [0.3, 0.4) is 0 Å². The third-order valence-electron chi connectivity index (χ3n) is 3.69. The van der Waals surface area contributed by atoms with Crippen LogP contribution in [-0.2, 0) is 9.47 Å². The number of rotatable bonds is 6. The van der Waals surface area contributed by atoms with Gasteiger partial charge in [-0.3, -0.25) is 0 Å². The first-order valence-corrected chi connectivity index (χ1v) is 8.39. The molecule has 1 atom stereocenters. The molecule has 0 aliphatic carbocycles. The summed E-state index contributed by atoms with van der Waals surface area (Å²) in [5.41, 5.74) is -0.709. The van der Waals surface area contributed by atoms with Gasteiger partial charge in [-0.15, -0.1) is 0 Å². The average molecular weight is 314 g/mol. The predicted molar refractivity (Wildman–Crippen MR) is 89.1 cm³/mol. The summed E-state index contributed by atoms with van der Waals surface area (Å²) in [7, 11) is 0. The first-order chi connectivity index (χ1) is 10.1. The lowest BCUT2D eigenvalue weighted by atomic mass is 10.1. The molecule has 1 aliphatic rings. The van der Waals surface area contributed by atoms with Crippen molar-refractivity contribution in [2.45, 2.75) is 65.5 Å². The fourth-order valence-electron chi connectivity index (χ4n) is 2.45. The molecule has 5 heteroatoms. The van der Waals surface area contributed by atoms with Gasteiger partial charge < -0.3 is 19.7 Å². The van der Waals surface area contributed by atoms with Gasteiger partial charge >= 0.3 is 6.09 Å². The molecule has 1 fully saturated rings. The van der Waals surface area contributed by atoms with Gasteiger partial charge in [-0.1, -0.05) is 0 Å². The second kappa shape index (κ2) is 8.16. The number of nitrogens with one attached hydrogen (secondary N) is 1. The first kappa shape index (κ1) is 19.2. The maximum atomic E-state index is 12.3. The molecule has 1 N–H and O–H groups in total. The lowest BCUT2D eigenvalue weighted by molar-refractivity contribution is 0.00664. The number of carbonyl (C=O) groups excluding carboxylic acids is 1. The van der Waals surface area contributed by atoms with Crippen molar-refractivity contribution < 1.29 is 14.3 Å². The minimum Gasteiger partial charge on any atom is -0.444 e. The Balaban J connectivity index is 2.33. The highest BCUT2D eigenvalue weighted by atomic mass is 16.6. The number of ether oxygens (including phenoxy) is 2. The van der Waals surface area contributed by atoms with E-state index in [9.17, 15) is 4.79 Å². The molecule has 1 aliphatic heterocycles. The Hall–Kier alpha value is -0.810. The van der Waals surface area contributed by atoms with Crippen LogP contribution in [0.15, 0.2) is 0 Å². The minimum atomic E-state index is -0.462. The normalized spacial score (nSPS) is 19.3. The molecule has 130 valence electrons. The molecule has 0 aromatic heterocycles. The van der Waals surface area contributed by atoms with E-state index in [1.807, 2.05) is 41.5 Å². The van der Waals surface area contributed by atoms with E-state index in [0.29, 0.717) is 12.5 Å². The summed E-state index contributed by atoms with van der Waals surface area (Å²) in [5, 5.41) is 3.43. The zero-order chi connectivity index (χ0) is 16.8. The molecule has 0 bridgehead atoms. The molecular formula is C17H34N2O3. The lowest BCUT2D eigenvalue weighted by Crippen LogP contribution is -2.50. The molecule has 1 amide bonds. The van der Waals surface area contributed by atoms with E-state index in [1.54, 1.807) is 4.90 Å². The molecule has 0 spiro atoms. The zero-order valence-electron chi connectivity index (χ0n) is 15.2. The molecule has 5 nitrogen and oxygen atoms in total. The third-order valence-corrected chi connectivity index (χ3v) is 3.69. The van der Waals surface area contributed by atoms with Crippen molar-refractivity contribution in [3.63, 3.8) is 0 Å². The Bertz CT molecular complexity index is 339. The van der Waals surface area contributed by atoms with Crippen molar-refractivity contribution in [1.82, 2.24) is 10.2 Å². The fraction of sp³-hybridized carbons (Fsp3) is 0.941. The van der Waals surface area contributed by atoms with Crippen LogP contribution in [0.1, 0.15) is 54.4 Å². The van der Waals surface area contributed by atoms with Crippen LogP contribution in [0, 0.1) is 5.92 Å². The molecule has 1 rings (SSSR count). The quantitative estimate of drug-likeness (QED) is 0.766. The van der Waals surface area contributed by atoms with Crippen molar-refractivity contribution >= 4 is 6.09 Å².